The van der Waals surface area contributed by atoms with E-state index in [4.69, 9.17) is 21.1 Å². The van der Waals surface area contributed by atoms with E-state index in [1.165, 1.54) is 0 Å². The first-order valence-electron chi connectivity index (χ1n) is 7.84. The van der Waals surface area contributed by atoms with Crippen molar-refractivity contribution in [2.24, 2.45) is 0 Å². The molecule has 1 aliphatic rings. The fraction of sp³-hybridized carbons (Fsp3) is 0.625. The van der Waals surface area contributed by atoms with E-state index in [2.05, 4.69) is 26.1 Å². The number of morpholine rings is 1. The monoisotopic (exact) mass is 390 g/mol. The first kappa shape index (κ1) is 18.0. The zero-order chi connectivity index (χ0) is 15.6. The first-order chi connectivity index (χ1) is 10.8. The summed E-state index contributed by atoms with van der Waals surface area (Å²) in [5, 5.41) is 4.13. The highest BCUT2D eigenvalue weighted by molar-refractivity contribution is 9.10. The van der Waals surface area contributed by atoms with E-state index in [-0.39, 0.29) is 0 Å². The van der Waals surface area contributed by atoms with Gasteiger partial charge < -0.3 is 14.8 Å². The highest BCUT2D eigenvalue weighted by Gasteiger charge is 2.08. The van der Waals surface area contributed by atoms with Gasteiger partial charge in [-0.3, -0.25) is 4.90 Å². The Morgan fingerprint density at radius 1 is 1.23 bits per heavy atom. The smallest absolute Gasteiger partial charge is 0.137 e. The van der Waals surface area contributed by atoms with Crippen LogP contribution in [0.2, 0.25) is 5.02 Å². The molecule has 2 rings (SSSR count). The third kappa shape index (κ3) is 6.84. The minimum Gasteiger partial charge on any atom is -0.492 e. The standard InChI is InChI=1S/C16H24BrClN2O2/c17-14-3-4-16(15(18)13-14)22-10-2-1-5-19-6-7-20-8-11-21-12-9-20/h3-4,13,19H,1-2,5-12H2. The number of halogens is 2. The van der Waals surface area contributed by atoms with Crippen LogP contribution >= 0.6 is 27.5 Å². The molecule has 1 heterocycles. The largest absolute Gasteiger partial charge is 0.492 e. The summed E-state index contributed by atoms with van der Waals surface area (Å²) in [7, 11) is 0. The van der Waals surface area contributed by atoms with Crippen LogP contribution in [0.1, 0.15) is 12.8 Å². The second-order valence-electron chi connectivity index (χ2n) is 5.33. The van der Waals surface area contributed by atoms with Crippen LogP contribution in [0.15, 0.2) is 22.7 Å². The number of benzene rings is 1. The summed E-state index contributed by atoms with van der Waals surface area (Å²) < 4.78 is 12.0. The molecule has 1 aromatic rings. The molecule has 0 spiro atoms. The van der Waals surface area contributed by atoms with E-state index in [1.807, 2.05) is 18.2 Å². The average molecular weight is 392 g/mol. The van der Waals surface area contributed by atoms with Gasteiger partial charge in [-0.25, -0.2) is 0 Å². The Morgan fingerprint density at radius 2 is 2.05 bits per heavy atom. The lowest BCUT2D eigenvalue weighted by atomic mass is 10.3. The summed E-state index contributed by atoms with van der Waals surface area (Å²) in [6.45, 7) is 7.74. The molecule has 1 aliphatic heterocycles. The minimum absolute atomic E-state index is 0.651. The minimum atomic E-state index is 0.651. The number of nitrogens with zero attached hydrogens (tertiary/aromatic N) is 1. The fourth-order valence-electron chi connectivity index (χ4n) is 2.31. The Morgan fingerprint density at radius 3 is 2.82 bits per heavy atom. The van der Waals surface area contributed by atoms with Gasteiger partial charge in [-0.1, -0.05) is 27.5 Å². The van der Waals surface area contributed by atoms with Gasteiger partial charge in [0.25, 0.3) is 0 Å². The van der Waals surface area contributed by atoms with Crippen molar-refractivity contribution in [3.8, 4) is 5.75 Å². The molecule has 1 fully saturated rings. The molecule has 0 aliphatic carbocycles. The molecular weight excluding hydrogens is 368 g/mol. The highest BCUT2D eigenvalue weighted by atomic mass is 79.9. The van der Waals surface area contributed by atoms with Gasteiger partial charge in [0.05, 0.1) is 24.8 Å². The van der Waals surface area contributed by atoms with E-state index >= 15 is 0 Å². The van der Waals surface area contributed by atoms with Crippen molar-refractivity contribution < 1.29 is 9.47 Å². The maximum absolute atomic E-state index is 6.10. The molecule has 0 saturated carbocycles. The number of nitrogens with one attached hydrogen (secondary N) is 1. The molecule has 0 unspecified atom stereocenters. The lowest BCUT2D eigenvalue weighted by molar-refractivity contribution is 0.0384. The third-order valence-corrected chi connectivity index (χ3v) is 4.40. The number of hydrogen-bond acceptors (Lipinski definition) is 4. The van der Waals surface area contributed by atoms with E-state index < -0.39 is 0 Å². The summed E-state index contributed by atoms with van der Waals surface area (Å²) >= 11 is 9.49. The molecule has 1 N–H and O–H groups in total. The van der Waals surface area contributed by atoms with Gasteiger partial charge in [-0.2, -0.15) is 0 Å². The molecule has 0 amide bonds. The van der Waals surface area contributed by atoms with Crippen LogP contribution in [0.5, 0.6) is 5.75 Å². The quantitative estimate of drug-likeness (QED) is 0.656. The second-order valence-corrected chi connectivity index (χ2v) is 6.66. The average Bonchev–Trinajstić information content (AvgIpc) is 2.52. The maximum Gasteiger partial charge on any atom is 0.137 e. The molecule has 0 bridgehead atoms. The summed E-state index contributed by atoms with van der Waals surface area (Å²) in [5.41, 5.74) is 0. The van der Waals surface area contributed by atoms with Gasteiger partial charge in [0.1, 0.15) is 5.75 Å². The van der Waals surface area contributed by atoms with Crippen LogP contribution in [-0.4, -0.2) is 57.4 Å². The molecule has 1 aromatic carbocycles. The second kappa shape index (κ2) is 10.4. The molecule has 22 heavy (non-hydrogen) atoms. The third-order valence-electron chi connectivity index (χ3n) is 3.61. The molecule has 1 saturated heterocycles. The Bertz CT molecular complexity index is 442. The molecule has 0 atom stereocenters. The topological polar surface area (TPSA) is 33.7 Å². The van der Waals surface area contributed by atoms with Gasteiger partial charge in [-0.15, -0.1) is 0 Å². The van der Waals surface area contributed by atoms with Crippen LogP contribution in [0.25, 0.3) is 0 Å². The fourth-order valence-corrected chi connectivity index (χ4v) is 3.04. The number of unbranched alkanes of at least 4 members (excludes halogenated alkanes) is 1. The van der Waals surface area contributed by atoms with E-state index in [9.17, 15) is 0 Å². The van der Waals surface area contributed by atoms with Crippen LogP contribution in [0.3, 0.4) is 0 Å². The SMILES string of the molecule is Clc1cc(Br)ccc1OCCCCNCCN1CCOCC1. The van der Waals surface area contributed by atoms with Crippen molar-refractivity contribution in [2.45, 2.75) is 12.8 Å². The molecule has 0 radical (unpaired) electrons. The predicted molar refractivity (Wildman–Crippen MR) is 94.0 cm³/mol. The molecule has 6 heteroatoms. The zero-order valence-corrected chi connectivity index (χ0v) is 15.2. The molecular formula is C16H24BrClN2O2. The zero-order valence-electron chi connectivity index (χ0n) is 12.8. The van der Waals surface area contributed by atoms with Crippen molar-refractivity contribution in [1.29, 1.82) is 0 Å². The Kier molecular flexibility index (Phi) is 8.55. The van der Waals surface area contributed by atoms with Crippen molar-refractivity contribution in [3.05, 3.63) is 27.7 Å². The van der Waals surface area contributed by atoms with Crippen molar-refractivity contribution >= 4 is 27.5 Å². The van der Waals surface area contributed by atoms with Crippen molar-refractivity contribution in [1.82, 2.24) is 10.2 Å². The van der Waals surface area contributed by atoms with Crippen LogP contribution in [0.4, 0.5) is 0 Å². The Hall–Kier alpha value is -0.330. The lowest BCUT2D eigenvalue weighted by Crippen LogP contribution is -2.40. The van der Waals surface area contributed by atoms with Gasteiger partial charge in [0, 0.05) is 30.7 Å². The van der Waals surface area contributed by atoms with Gasteiger partial charge in [0.2, 0.25) is 0 Å². The number of hydrogen-bond donors (Lipinski definition) is 1. The summed E-state index contributed by atoms with van der Waals surface area (Å²) in [6, 6.07) is 5.69. The van der Waals surface area contributed by atoms with Gasteiger partial charge in [0.15, 0.2) is 0 Å². The Labute approximate surface area is 146 Å². The number of ether oxygens (including phenoxy) is 2. The first-order valence-corrected chi connectivity index (χ1v) is 9.01. The Balaban J connectivity index is 1.45. The molecule has 0 aromatic heterocycles. The van der Waals surface area contributed by atoms with Crippen LogP contribution in [0, 0.1) is 0 Å². The van der Waals surface area contributed by atoms with E-state index in [0.29, 0.717) is 11.6 Å². The summed E-state index contributed by atoms with van der Waals surface area (Å²) in [5.74, 6) is 0.755. The van der Waals surface area contributed by atoms with Crippen molar-refractivity contribution in [3.63, 3.8) is 0 Å². The summed E-state index contributed by atoms with van der Waals surface area (Å²) in [4.78, 5) is 2.44. The maximum atomic E-state index is 6.10. The van der Waals surface area contributed by atoms with Crippen LogP contribution in [-0.2, 0) is 4.74 Å². The summed E-state index contributed by atoms with van der Waals surface area (Å²) in [6.07, 6.45) is 2.13. The molecule has 124 valence electrons. The number of rotatable bonds is 9. The highest BCUT2D eigenvalue weighted by Crippen LogP contribution is 2.27. The lowest BCUT2D eigenvalue weighted by Gasteiger charge is -2.26. The van der Waals surface area contributed by atoms with Crippen LogP contribution < -0.4 is 10.1 Å². The molecule has 4 nitrogen and oxygen atoms in total. The van der Waals surface area contributed by atoms with Gasteiger partial charge in [-0.05, 0) is 37.6 Å². The normalized spacial score (nSPS) is 15.9. The van der Waals surface area contributed by atoms with Gasteiger partial charge >= 0.3 is 0 Å². The van der Waals surface area contributed by atoms with E-state index in [1.54, 1.807) is 0 Å². The van der Waals surface area contributed by atoms with E-state index in [0.717, 1.165) is 69.0 Å². The van der Waals surface area contributed by atoms with Crippen molar-refractivity contribution in [2.75, 3.05) is 52.5 Å². The predicted octanol–water partition coefficient (Wildman–Crippen LogP) is 3.18.